The minimum Gasteiger partial charge on any atom is -0.503 e. The molecule has 8 nitrogen and oxygen atoms in total. The number of hydrogen-bond donors (Lipinski definition) is 2. The van der Waals surface area contributed by atoms with Gasteiger partial charge in [0.1, 0.15) is 22.2 Å². The molecule has 0 bridgehead atoms. The average molecular weight is 506 g/mol. The van der Waals surface area contributed by atoms with Gasteiger partial charge in [-0.25, -0.2) is 8.78 Å². The monoisotopic (exact) mass is 505 g/mol. The molecule has 2 aliphatic heterocycles. The standard InChI is InChI=1S/C24H22ClF2N3O5/c1-10-13-7-15-21-24(10,13)35-6-2-5-29(21)23(34)18-20(32)19(31)12(9-30(15)18)22(33)28-8-11-3-4-14(26)16(25)17(11)27/h3-4,9-10,13,15,21,32H,2,5-8H2,1H3,(H,28,33)/t10-,13+,15-,21?,24+/m0/s1. The number of carbonyl (C=O) groups is 2. The van der Waals surface area contributed by atoms with Crippen molar-refractivity contribution in [3.05, 3.63) is 62.0 Å². The lowest BCUT2D eigenvalue weighted by atomic mass is 9.94. The van der Waals surface area contributed by atoms with Crippen LogP contribution in [0.3, 0.4) is 0 Å². The van der Waals surface area contributed by atoms with E-state index in [1.807, 2.05) is 0 Å². The van der Waals surface area contributed by atoms with Gasteiger partial charge in [0.25, 0.3) is 11.8 Å². The fourth-order valence-electron chi connectivity index (χ4n) is 6.47. The molecule has 1 unspecified atom stereocenters. The second kappa shape index (κ2) is 7.51. The minimum absolute atomic E-state index is 0.0692. The molecule has 1 aromatic carbocycles. The highest BCUT2D eigenvalue weighted by Crippen LogP contribution is 2.69. The molecule has 5 atom stereocenters. The number of aromatic nitrogens is 1. The van der Waals surface area contributed by atoms with E-state index < -0.39 is 45.3 Å². The van der Waals surface area contributed by atoms with E-state index in [4.69, 9.17) is 16.3 Å². The number of benzene rings is 1. The Kier molecular flexibility index (Phi) is 4.82. The first-order valence-corrected chi connectivity index (χ1v) is 11.9. The summed E-state index contributed by atoms with van der Waals surface area (Å²) >= 11 is 5.59. The van der Waals surface area contributed by atoms with Gasteiger partial charge >= 0.3 is 0 Å². The molecule has 1 spiro atoms. The normalized spacial score (nSPS) is 30.3. The van der Waals surface area contributed by atoms with E-state index in [2.05, 4.69) is 12.2 Å². The number of hydrogen-bond acceptors (Lipinski definition) is 5. The molecule has 11 heteroatoms. The minimum atomic E-state index is -1.01. The second-order valence-corrected chi connectivity index (χ2v) is 10.1. The molecule has 1 aromatic heterocycles. The van der Waals surface area contributed by atoms with Gasteiger partial charge < -0.3 is 24.6 Å². The SMILES string of the molecule is C[C@H]1[C@H]2C[C@H]3C4N(CCCO[C@@]421)C(=O)c1c(O)c(=O)c(C(=O)NCc2ccc(F)c(Cl)c2F)cn13. The summed E-state index contributed by atoms with van der Waals surface area (Å²) in [6.07, 6.45) is 2.64. The Morgan fingerprint density at radius 1 is 1.34 bits per heavy atom. The highest BCUT2D eigenvalue weighted by Gasteiger charge is 2.77. The van der Waals surface area contributed by atoms with Crippen LogP contribution >= 0.6 is 11.6 Å². The van der Waals surface area contributed by atoms with Crippen LogP contribution in [0.4, 0.5) is 8.78 Å². The van der Waals surface area contributed by atoms with E-state index in [9.17, 15) is 28.3 Å². The Labute approximate surface area is 203 Å². The summed E-state index contributed by atoms with van der Waals surface area (Å²) < 4.78 is 35.4. The van der Waals surface area contributed by atoms with Crippen LogP contribution < -0.4 is 10.7 Å². The summed E-state index contributed by atoms with van der Waals surface area (Å²) in [7, 11) is 0. The predicted molar refractivity (Wildman–Crippen MR) is 119 cm³/mol. The summed E-state index contributed by atoms with van der Waals surface area (Å²) in [4.78, 5) is 40.9. The van der Waals surface area contributed by atoms with Crippen LogP contribution in [-0.4, -0.2) is 51.2 Å². The Morgan fingerprint density at radius 3 is 2.89 bits per heavy atom. The first-order chi connectivity index (χ1) is 16.7. The number of rotatable bonds is 3. The van der Waals surface area contributed by atoms with E-state index >= 15 is 0 Å². The number of halogens is 3. The molecule has 6 rings (SSSR count). The van der Waals surface area contributed by atoms with E-state index in [-0.39, 0.29) is 47.3 Å². The predicted octanol–water partition coefficient (Wildman–Crippen LogP) is 2.61. The van der Waals surface area contributed by atoms with Gasteiger partial charge in [0.15, 0.2) is 11.4 Å². The number of pyridine rings is 1. The molecule has 2 amide bonds. The maximum Gasteiger partial charge on any atom is 0.274 e. The molecule has 3 fully saturated rings. The van der Waals surface area contributed by atoms with Gasteiger partial charge in [-0.3, -0.25) is 14.4 Å². The molecule has 184 valence electrons. The molecule has 2 N–H and O–H groups in total. The van der Waals surface area contributed by atoms with Crippen molar-refractivity contribution in [1.29, 1.82) is 0 Å². The van der Waals surface area contributed by atoms with Crippen molar-refractivity contribution in [2.45, 2.75) is 44.0 Å². The third-order valence-electron chi connectivity index (χ3n) is 8.17. The molecule has 4 aliphatic rings. The lowest BCUT2D eigenvalue weighted by Crippen LogP contribution is -2.56. The molecule has 0 radical (unpaired) electrons. The summed E-state index contributed by atoms with van der Waals surface area (Å²) in [5.74, 6) is -3.53. The Hall–Kier alpha value is -2.98. The van der Waals surface area contributed by atoms with E-state index in [0.29, 0.717) is 26.0 Å². The molecule has 35 heavy (non-hydrogen) atoms. The lowest BCUT2D eigenvalue weighted by molar-refractivity contribution is -0.0227. The highest BCUT2D eigenvalue weighted by molar-refractivity contribution is 6.30. The number of carbonyl (C=O) groups excluding carboxylic acids is 2. The lowest BCUT2D eigenvalue weighted by Gasteiger charge is -2.43. The Bertz CT molecular complexity index is 1360. The number of nitrogens with zero attached hydrogens (tertiary/aromatic N) is 2. The molecule has 2 saturated carbocycles. The molecule has 1 saturated heterocycles. The van der Waals surface area contributed by atoms with Crippen molar-refractivity contribution in [1.82, 2.24) is 14.8 Å². The van der Waals surface area contributed by atoms with Gasteiger partial charge in [-0.05, 0) is 30.7 Å². The largest absolute Gasteiger partial charge is 0.503 e. The Morgan fingerprint density at radius 2 is 2.11 bits per heavy atom. The molecular weight excluding hydrogens is 484 g/mol. The fourth-order valence-corrected chi connectivity index (χ4v) is 6.65. The molecular formula is C24H22ClF2N3O5. The van der Waals surface area contributed by atoms with Crippen molar-refractivity contribution in [2.75, 3.05) is 13.2 Å². The van der Waals surface area contributed by atoms with Crippen LogP contribution in [0.5, 0.6) is 5.75 Å². The van der Waals surface area contributed by atoms with Crippen LogP contribution in [0.25, 0.3) is 0 Å². The highest BCUT2D eigenvalue weighted by atomic mass is 35.5. The topological polar surface area (TPSA) is 101 Å². The number of amides is 2. The van der Waals surface area contributed by atoms with Gasteiger partial charge in [0.2, 0.25) is 5.43 Å². The summed E-state index contributed by atoms with van der Waals surface area (Å²) in [5.41, 5.74) is -2.01. The summed E-state index contributed by atoms with van der Waals surface area (Å²) in [6, 6.07) is 1.60. The van der Waals surface area contributed by atoms with Gasteiger partial charge in [-0.1, -0.05) is 24.6 Å². The van der Waals surface area contributed by atoms with Crippen molar-refractivity contribution in [3.8, 4) is 5.75 Å². The number of ether oxygens (including phenoxy) is 1. The van der Waals surface area contributed by atoms with Crippen LogP contribution in [0.1, 0.15) is 52.2 Å². The molecule has 3 heterocycles. The average Bonchev–Trinajstić information content (AvgIpc) is 3.32. The fraction of sp³-hybridized carbons (Fsp3) is 0.458. The quantitative estimate of drug-likeness (QED) is 0.625. The van der Waals surface area contributed by atoms with Crippen molar-refractivity contribution >= 4 is 23.4 Å². The first kappa shape index (κ1) is 22.5. The van der Waals surface area contributed by atoms with E-state index in [1.54, 1.807) is 9.47 Å². The third kappa shape index (κ3) is 2.89. The van der Waals surface area contributed by atoms with Gasteiger partial charge in [-0.15, -0.1) is 0 Å². The maximum absolute atomic E-state index is 14.2. The summed E-state index contributed by atoms with van der Waals surface area (Å²) in [6.45, 7) is 2.74. The third-order valence-corrected chi connectivity index (χ3v) is 8.52. The number of nitrogens with one attached hydrogen (secondary N) is 1. The zero-order valence-electron chi connectivity index (χ0n) is 18.7. The van der Waals surface area contributed by atoms with Crippen molar-refractivity contribution < 1.29 is 28.2 Å². The number of aromatic hydroxyl groups is 1. The first-order valence-electron chi connectivity index (χ1n) is 11.5. The molecule has 2 aromatic rings. The zero-order chi connectivity index (χ0) is 24.8. The van der Waals surface area contributed by atoms with Crippen molar-refractivity contribution in [2.24, 2.45) is 11.8 Å². The Balaban J connectivity index is 1.36. The van der Waals surface area contributed by atoms with Gasteiger partial charge in [0.05, 0.1) is 17.7 Å². The second-order valence-electron chi connectivity index (χ2n) is 9.69. The smallest absolute Gasteiger partial charge is 0.274 e. The van der Waals surface area contributed by atoms with Gasteiger partial charge in [-0.2, -0.15) is 0 Å². The van der Waals surface area contributed by atoms with E-state index in [1.165, 1.54) is 6.20 Å². The van der Waals surface area contributed by atoms with Gasteiger partial charge in [0, 0.05) is 31.5 Å². The molecule has 2 aliphatic carbocycles. The zero-order valence-corrected chi connectivity index (χ0v) is 19.4. The summed E-state index contributed by atoms with van der Waals surface area (Å²) in [5, 5.41) is 12.5. The van der Waals surface area contributed by atoms with E-state index in [0.717, 1.165) is 12.1 Å². The number of fused-ring (bicyclic) bond motifs is 2. The van der Waals surface area contributed by atoms with Crippen LogP contribution in [0.15, 0.2) is 23.1 Å². The van der Waals surface area contributed by atoms with Crippen molar-refractivity contribution in [3.63, 3.8) is 0 Å². The maximum atomic E-state index is 14.2. The van der Waals surface area contributed by atoms with Crippen LogP contribution in [-0.2, 0) is 11.3 Å². The van der Waals surface area contributed by atoms with Crippen LogP contribution in [0.2, 0.25) is 5.02 Å². The van der Waals surface area contributed by atoms with Crippen LogP contribution in [0, 0.1) is 23.5 Å².